The van der Waals surface area contributed by atoms with E-state index in [1.807, 2.05) is 18.2 Å². The van der Waals surface area contributed by atoms with Gasteiger partial charge in [0.05, 0.1) is 11.5 Å². The second-order valence-corrected chi connectivity index (χ2v) is 5.61. The largest absolute Gasteiger partial charge is 0.396 e. The van der Waals surface area contributed by atoms with Crippen LogP contribution >= 0.6 is 0 Å². The van der Waals surface area contributed by atoms with Crippen molar-refractivity contribution >= 4 is 0 Å². The molecule has 1 aliphatic rings. The SMILES string of the molecule is N#CC(CCCO)(c1ccccc1)C1CCCCC1. The van der Waals surface area contributed by atoms with Gasteiger partial charge in [0.15, 0.2) is 0 Å². The molecule has 1 unspecified atom stereocenters. The van der Waals surface area contributed by atoms with E-state index in [0.717, 1.165) is 24.8 Å². The molecular weight excluding hydrogens is 234 g/mol. The van der Waals surface area contributed by atoms with Gasteiger partial charge in [-0.05, 0) is 37.2 Å². The summed E-state index contributed by atoms with van der Waals surface area (Å²) in [5.41, 5.74) is 0.738. The molecule has 0 saturated heterocycles. The summed E-state index contributed by atoms with van der Waals surface area (Å²) >= 11 is 0. The van der Waals surface area contributed by atoms with E-state index in [4.69, 9.17) is 5.11 Å². The Kier molecular flexibility index (Phi) is 4.99. The van der Waals surface area contributed by atoms with Gasteiger partial charge in [-0.25, -0.2) is 0 Å². The summed E-state index contributed by atoms with van der Waals surface area (Å²) in [7, 11) is 0. The second-order valence-electron chi connectivity index (χ2n) is 5.61. The van der Waals surface area contributed by atoms with E-state index < -0.39 is 5.41 Å². The Bertz CT molecular complexity index is 417. The minimum Gasteiger partial charge on any atom is -0.396 e. The molecule has 1 fully saturated rings. The molecule has 1 aromatic rings. The van der Waals surface area contributed by atoms with E-state index in [9.17, 15) is 5.26 Å². The van der Waals surface area contributed by atoms with E-state index in [-0.39, 0.29) is 6.61 Å². The Labute approximate surface area is 116 Å². The highest BCUT2D eigenvalue weighted by Gasteiger charge is 2.40. The van der Waals surface area contributed by atoms with Crippen molar-refractivity contribution in [1.82, 2.24) is 0 Å². The van der Waals surface area contributed by atoms with Crippen LogP contribution in [0.25, 0.3) is 0 Å². The third kappa shape index (κ3) is 2.98. The van der Waals surface area contributed by atoms with Crippen LogP contribution in [-0.4, -0.2) is 11.7 Å². The fourth-order valence-corrected chi connectivity index (χ4v) is 3.48. The predicted octanol–water partition coefficient (Wildman–Crippen LogP) is 3.80. The number of nitriles is 1. The number of hydrogen-bond acceptors (Lipinski definition) is 2. The van der Waals surface area contributed by atoms with Gasteiger partial charge in [-0.3, -0.25) is 0 Å². The normalized spacial score (nSPS) is 19.6. The molecule has 0 bridgehead atoms. The summed E-state index contributed by atoms with van der Waals surface area (Å²) in [6.07, 6.45) is 7.54. The van der Waals surface area contributed by atoms with E-state index in [1.54, 1.807) is 0 Å². The third-order valence-corrected chi connectivity index (χ3v) is 4.52. The van der Waals surface area contributed by atoms with Crippen LogP contribution in [0.2, 0.25) is 0 Å². The smallest absolute Gasteiger partial charge is 0.0851 e. The molecule has 102 valence electrons. The molecule has 0 radical (unpaired) electrons. The van der Waals surface area contributed by atoms with Gasteiger partial charge in [-0.15, -0.1) is 0 Å². The Morgan fingerprint density at radius 2 is 1.84 bits per heavy atom. The zero-order chi connectivity index (χ0) is 13.6. The van der Waals surface area contributed by atoms with Crippen LogP contribution in [0, 0.1) is 17.2 Å². The maximum Gasteiger partial charge on any atom is 0.0851 e. The number of aliphatic hydroxyl groups excluding tert-OH is 1. The molecule has 0 heterocycles. The predicted molar refractivity (Wildman–Crippen MR) is 76.6 cm³/mol. The van der Waals surface area contributed by atoms with Gasteiger partial charge < -0.3 is 5.11 Å². The van der Waals surface area contributed by atoms with Crippen molar-refractivity contribution in [3.63, 3.8) is 0 Å². The molecule has 1 aliphatic carbocycles. The monoisotopic (exact) mass is 257 g/mol. The molecule has 1 aromatic carbocycles. The van der Waals surface area contributed by atoms with Crippen molar-refractivity contribution < 1.29 is 5.11 Å². The first-order valence-corrected chi connectivity index (χ1v) is 7.41. The van der Waals surface area contributed by atoms with E-state index >= 15 is 0 Å². The molecular formula is C17H23NO. The summed E-state index contributed by atoms with van der Waals surface area (Å²) in [5, 5.41) is 19.0. The zero-order valence-corrected chi connectivity index (χ0v) is 11.5. The quantitative estimate of drug-likeness (QED) is 0.872. The lowest BCUT2D eigenvalue weighted by Gasteiger charge is -2.38. The van der Waals surface area contributed by atoms with Crippen LogP contribution in [0.5, 0.6) is 0 Å². The average molecular weight is 257 g/mol. The van der Waals surface area contributed by atoms with Gasteiger partial charge in [0.1, 0.15) is 0 Å². The number of aliphatic hydroxyl groups is 1. The Morgan fingerprint density at radius 1 is 1.16 bits per heavy atom. The zero-order valence-electron chi connectivity index (χ0n) is 11.5. The van der Waals surface area contributed by atoms with Crippen LogP contribution < -0.4 is 0 Å². The van der Waals surface area contributed by atoms with Crippen molar-refractivity contribution in [2.75, 3.05) is 6.61 Å². The fraction of sp³-hybridized carbons (Fsp3) is 0.588. The van der Waals surface area contributed by atoms with Gasteiger partial charge in [0, 0.05) is 6.61 Å². The highest BCUT2D eigenvalue weighted by Crippen LogP contribution is 2.43. The Balaban J connectivity index is 2.33. The van der Waals surface area contributed by atoms with Gasteiger partial charge in [0.25, 0.3) is 0 Å². The summed E-state index contributed by atoms with van der Waals surface area (Å²) in [6.45, 7) is 0.170. The summed E-state index contributed by atoms with van der Waals surface area (Å²) in [4.78, 5) is 0. The molecule has 0 aromatic heterocycles. The van der Waals surface area contributed by atoms with E-state index in [0.29, 0.717) is 12.3 Å². The van der Waals surface area contributed by atoms with Gasteiger partial charge in [-0.2, -0.15) is 5.26 Å². The van der Waals surface area contributed by atoms with Crippen molar-refractivity contribution in [1.29, 1.82) is 5.26 Å². The van der Waals surface area contributed by atoms with Gasteiger partial charge >= 0.3 is 0 Å². The minimum atomic E-state index is -0.398. The highest BCUT2D eigenvalue weighted by atomic mass is 16.2. The number of benzene rings is 1. The van der Waals surface area contributed by atoms with Crippen molar-refractivity contribution in [3.05, 3.63) is 35.9 Å². The number of hydrogen-bond donors (Lipinski definition) is 1. The second kappa shape index (κ2) is 6.73. The Hall–Kier alpha value is -1.33. The molecule has 1 atom stereocenters. The molecule has 0 spiro atoms. The van der Waals surface area contributed by atoms with Crippen LogP contribution in [0.1, 0.15) is 50.5 Å². The average Bonchev–Trinajstić information content (AvgIpc) is 2.51. The first-order valence-electron chi connectivity index (χ1n) is 7.41. The molecule has 19 heavy (non-hydrogen) atoms. The summed E-state index contributed by atoms with van der Waals surface area (Å²) in [6, 6.07) is 12.8. The Morgan fingerprint density at radius 3 is 2.42 bits per heavy atom. The maximum atomic E-state index is 9.88. The van der Waals surface area contributed by atoms with E-state index in [2.05, 4.69) is 18.2 Å². The number of rotatable bonds is 5. The number of nitrogens with zero attached hydrogens (tertiary/aromatic N) is 1. The van der Waals surface area contributed by atoms with Gasteiger partial charge in [-0.1, -0.05) is 49.6 Å². The summed E-state index contributed by atoms with van der Waals surface area (Å²) in [5.74, 6) is 0.445. The van der Waals surface area contributed by atoms with Crippen LogP contribution in [0.15, 0.2) is 30.3 Å². The molecule has 2 rings (SSSR count). The topological polar surface area (TPSA) is 44.0 Å². The first-order chi connectivity index (χ1) is 9.33. The molecule has 2 nitrogen and oxygen atoms in total. The molecule has 1 saturated carbocycles. The third-order valence-electron chi connectivity index (χ3n) is 4.52. The lowest BCUT2D eigenvalue weighted by Crippen LogP contribution is -2.35. The standard InChI is InChI=1S/C17H23NO/c18-14-17(12-7-13-19,15-8-3-1-4-9-15)16-10-5-2-6-11-16/h1,3-4,8-9,16,19H,2,5-7,10-13H2. The first kappa shape index (κ1) is 14.1. The molecule has 0 aliphatic heterocycles. The fourth-order valence-electron chi connectivity index (χ4n) is 3.48. The van der Waals surface area contributed by atoms with Crippen LogP contribution in [0.4, 0.5) is 0 Å². The summed E-state index contributed by atoms with van der Waals surface area (Å²) < 4.78 is 0. The molecule has 1 N–H and O–H groups in total. The van der Waals surface area contributed by atoms with Crippen molar-refractivity contribution in [2.24, 2.45) is 5.92 Å². The lowest BCUT2D eigenvalue weighted by atomic mass is 9.64. The highest BCUT2D eigenvalue weighted by molar-refractivity contribution is 5.33. The van der Waals surface area contributed by atoms with Crippen molar-refractivity contribution in [3.8, 4) is 6.07 Å². The minimum absolute atomic E-state index is 0.170. The molecule has 0 amide bonds. The maximum absolute atomic E-state index is 9.88. The van der Waals surface area contributed by atoms with Crippen LogP contribution in [-0.2, 0) is 5.41 Å². The van der Waals surface area contributed by atoms with Gasteiger partial charge in [0.2, 0.25) is 0 Å². The lowest BCUT2D eigenvalue weighted by molar-refractivity contribution is 0.211. The van der Waals surface area contributed by atoms with E-state index in [1.165, 1.54) is 19.3 Å². The van der Waals surface area contributed by atoms with Crippen molar-refractivity contribution in [2.45, 2.75) is 50.4 Å². The molecule has 2 heteroatoms. The van der Waals surface area contributed by atoms with Crippen LogP contribution in [0.3, 0.4) is 0 Å².